The number of aromatic nitrogens is 4. The van der Waals surface area contributed by atoms with Gasteiger partial charge in [0.1, 0.15) is 0 Å². The minimum absolute atomic E-state index is 0.0163. The van der Waals surface area contributed by atoms with E-state index in [0.29, 0.717) is 5.39 Å². The van der Waals surface area contributed by atoms with Crippen LogP contribution < -0.4 is 15.4 Å². The molecular weight excluding hydrogens is 328 g/mol. The molecule has 0 unspecified atom stereocenters. The van der Waals surface area contributed by atoms with Gasteiger partial charge in [0.2, 0.25) is 5.95 Å². The maximum Gasteiger partial charge on any atom is 0.261 e. The van der Waals surface area contributed by atoms with E-state index in [2.05, 4.69) is 24.8 Å². The van der Waals surface area contributed by atoms with E-state index in [4.69, 9.17) is 0 Å². The largest absolute Gasteiger partial charge is 0.368 e. The first-order valence-electron chi connectivity index (χ1n) is 8.91. The number of benzene rings is 1. The Morgan fingerprint density at radius 2 is 1.65 bits per heavy atom. The van der Waals surface area contributed by atoms with Crippen molar-refractivity contribution >= 4 is 22.5 Å². The SMILES string of the molecule is CC(C)n1cnc2cc(N3CCN(c4ncccn4)CC3)ccc2c1=O. The molecular formula is C19H22N6O. The van der Waals surface area contributed by atoms with Crippen LogP contribution in [-0.4, -0.2) is 45.7 Å². The van der Waals surface area contributed by atoms with E-state index in [1.165, 1.54) is 0 Å². The van der Waals surface area contributed by atoms with Crippen molar-refractivity contribution in [3.05, 3.63) is 53.3 Å². The summed E-state index contributed by atoms with van der Waals surface area (Å²) in [5.41, 5.74) is 1.86. The van der Waals surface area contributed by atoms with Crippen molar-refractivity contribution in [1.29, 1.82) is 0 Å². The highest BCUT2D eigenvalue weighted by Crippen LogP contribution is 2.21. The third-order valence-electron chi connectivity index (χ3n) is 4.80. The molecule has 0 atom stereocenters. The second kappa shape index (κ2) is 6.74. The third-order valence-corrected chi connectivity index (χ3v) is 4.80. The van der Waals surface area contributed by atoms with E-state index in [-0.39, 0.29) is 11.6 Å². The second-order valence-corrected chi connectivity index (χ2v) is 6.78. The minimum atomic E-state index is 0.0163. The smallest absolute Gasteiger partial charge is 0.261 e. The molecule has 3 heterocycles. The van der Waals surface area contributed by atoms with Gasteiger partial charge in [-0.25, -0.2) is 15.0 Å². The summed E-state index contributed by atoms with van der Waals surface area (Å²) in [6, 6.07) is 7.86. The number of hydrogen-bond donors (Lipinski definition) is 0. The summed E-state index contributed by atoms with van der Waals surface area (Å²) in [5, 5.41) is 0.668. The van der Waals surface area contributed by atoms with Gasteiger partial charge in [0, 0.05) is 50.3 Å². The van der Waals surface area contributed by atoms with Gasteiger partial charge in [-0.3, -0.25) is 9.36 Å². The normalized spacial score (nSPS) is 15.0. The van der Waals surface area contributed by atoms with Gasteiger partial charge in [0.05, 0.1) is 17.2 Å². The Balaban J connectivity index is 1.55. The van der Waals surface area contributed by atoms with E-state index in [1.54, 1.807) is 23.3 Å². The summed E-state index contributed by atoms with van der Waals surface area (Å²) < 4.78 is 1.67. The van der Waals surface area contributed by atoms with Crippen LogP contribution in [0.5, 0.6) is 0 Å². The zero-order valence-corrected chi connectivity index (χ0v) is 15.0. The van der Waals surface area contributed by atoms with Crippen molar-refractivity contribution in [2.75, 3.05) is 36.0 Å². The summed E-state index contributed by atoms with van der Waals surface area (Å²) in [7, 11) is 0. The molecule has 1 aromatic carbocycles. The molecule has 7 nitrogen and oxygen atoms in total. The monoisotopic (exact) mass is 350 g/mol. The number of nitrogens with zero attached hydrogens (tertiary/aromatic N) is 6. The maximum atomic E-state index is 12.5. The van der Waals surface area contributed by atoms with Crippen LogP contribution in [0.3, 0.4) is 0 Å². The molecule has 7 heteroatoms. The molecule has 0 N–H and O–H groups in total. The lowest BCUT2D eigenvalue weighted by molar-refractivity contribution is 0.573. The average Bonchev–Trinajstić information content (AvgIpc) is 2.68. The Labute approximate surface area is 151 Å². The number of hydrogen-bond acceptors (Lipinski definition) is 6. The van der Waals surface area contributed by atoms with Crippen LogP contribution in [0.25, 0.3) is 10.9 Å². The van der Waals surface area contributed by atoms with E-state index >= 15 is 0 Å². The molecule has 1 saturated heterocycles. The summed E-state index contributed by atoms with van der Waals surface area (Å²) >= 11 is 0. The molecule has 26 heavy (non-hydrogen) atoms. The molecule has 0 radical (unpaired) electrons. The Morgan fingerprint density at radius 3 is 2.35 bits per heavy atom. The molecule has 4 rings (SSSR count). The summed E-state index contributed by atoms with van der Waals surface area (Å²) in [6.07, 6.45) is 5.19. The van der Waals surface area contributed by atoms with Crippen LogP contribution in [0, 0.1) is 0 Å². The molecule has 2 aromatic heterocycles. The standard InChI is InChI=1S/C19H22N6O/c1-14(2)25-13-22-17-12-15(4-5-16(17)18(25)26)23-8-10-24(11-9-23)19-20-6-3-7-21-19/h3-7,12-14H,8-11H2,1-2H3. The summed E-state index contributed by atoms with van der Waals surface area (Å²) in [5.74, 6) is 0.779. The zero-order valence-electron chi connectivity index (χ0n) is 15.0. The van der Waals surface area contributed by atoms with Crippen LogP contribution in [0.15, 0.2) is 47.8 Å². The quantitative estimate of drug-likeness (QED) is 0.721. The van der Waals surface area contributed by atoms with Gasteiger partial charge in [0.15, 0.2) is 0 Å². The Morgan fingerprint density at radius 1 is 0.962 bits per heavy atom. The molecule has 3 aromatic rings. The highest BCUT2D eigenvalue weighted by atomic mass is 16.1. The van der Waals surface area contributed by atoms with Crippen LogP contribution in [0.2, 0.25) is 0 Å². The number of fused-ring (bicyclic) bond motifs is 1. The van der Waals surface area contributed by atoms with Crippen molar-refractivity contribution in [2.24, 2.45) is 0 Å². The number of rotatable bonds is 3. The van der Waals surface area contributed by atoms with Crippen LogP contribution in [0.4, 0.5) is 11.6 Å². The van der Waals surface area contributed by atoms with Crippen molar-refractivity contribution < 1.29 is 0 Å². The average molecular weight is 350 g/mol. The van der Waals surface area contributed by atoms with Gasteiger partial charge in [-0.1, -0.05) is 0 Å². The fraction of sp³-hybridized carbons (Fsp3) is 0.368. The lowest BCUT2D eigenvalue weighted by Gasteiger charge is -2.36. The Bertz CT molecular complexity index is 961. The zero-order chi connectivity index (χ0) is 18.1. The van der Waals surface area contributed by atoms with Crippen molar-refractivity contribution in [3.8, 4) is 0 Å². The Kier molecular flexibility index (Phi) is 4.28. The molecule has 0 aliphatic carbocycles. The van der Waals surface area contributed by atoms with Gasteiger partial charge in [-0.15, -0.1) is 0 Å². The van der Waals surface area contributed by atoms with E-state index < -0.39 is 0 Å². The molecule has 0 amide bonds. The van der Waals surface area contributed by atoms with Crippen molar-refractivity contribution in [3.63, 3.8) is 0 Å². The lowest BCUT2D eigenvalue weighted by atomic mass is 10.2. The first-order valence-corrected chi connectivity index (χ1v) is 8.91. The minimum Gasteiger partial charge on any atom is -0.368 e. The molecule has 134 valence electrons. The van der Waals surface area contributed by atoms with Gasteiger partial charge in [0.25, 0.3) is 5.56 Å². The maximum absolute atomic E-state index is 12.5. The molecule has 0 bridgehead atoms. The summed E-state index contributed by atoms with van der Waals surface area (Å²) in [6.45, 7) is 7.47. The highest BCUT2D eigenvalue weighted by molar-refractivity contribution is 5.81. The van der Waals surface area contributed by atoms with E-state index in [0.717, 1.165) is 43.3 Å². The van der Waals surface area contributed by atoms with Crippen molar-refractivity contribution in [2.45, 2.75) is 19.9 Å². The highest BCUT2D eigenvalue weighted by Gasteiger charge is 2.19. The molecule has 1 aliphatic rings. The van der Waals surface area contributed by atoms with Gasteiger partial charge < -0.3 is 9.80 Å². The fourth-order valence-electron chi connectivity index (χ4n) is 3.31. The first-order chi connectivity index (χ1) is 12.6. The molecule has 0 saturated carbocycles. The third kappa shape index (κ3) is 3.00. The lowest BCUT2D eigenvalue weighted by Crippen LogP contribution is -2.47. The van der Waals surface area contributed by atoms with Gasteiger partial charge in [-0.2, -0.15) is 0 Å². The van der Waals surface area contributed by atoms with Crippen LogP contribution in [0.1, 0.15) is 19.9 Å². The van der Waals surface area contributed by atoms with Crippen molar-refractivity contribution in [1.82, 2.24) is 19.5 Å². The van der Waals surface area contributed by atoms with Gasteiger partial charge in [-0.05, 0) is 38.1 Å². The topological polar surface area (TPSA) is 67.2 Å². The number of anilines is 2. The molecule has 1 fully saturated rings. The second-order valence-electron chi connectivity index (χ2n) is 6.78. The predicted molar refractivity (Wildman–Crippen MR) is 103 cm³/mol. The molecule has 1 aliphatic heterocycles. The first kappa shape index (κ1) is 16.5. The molecule has 0 spiro atoms. The predicted octanol–water partition coefficient (Wildman–Crippen LogP) is 2.09. The number of piperazine rings is 1. The van der Waals surface area contributed by atoms with E-state index in [1.807, 2.05) is 38.1 Å². The summed E-state index contributed by atoms with van der Waals surface area (Å²) in [4.78, 5) is 30.2. The Hall–Kier alpha value is -2.96. The van der Waals surface area contributed by atoms with E-state index in [9.17, 15) is 4.79 Å². The van der Waals surface area contributed by atoms with Gasteiger partial charge >= 0.3 is 0 Å². The van der Waals surface area contributed by atoms with Crippen LogP contribution in [-0.2, 0) is 0 Å². The fourth-order valence-corrected chi connectivity index (χ4v) is 3.31. The van der Waals surface area contributed by atoms with Crippen LogP contribution >= 0.6 is 0 Å².